The topological polar surface area (TPSA) is 214 Å². The van der Waals surface area contributed by atoms with E-state index < -0.39 is 66.8 Å². The molecule has 29 heavy (non-hydrogen) atoms. The Kier molecular flexibility index (Phi) is 13.0. The van der Waals surface area contributed by atoms with Crippen molar-refractivity contribution in [1.82, 2.24) is 16.0 Å². The van der Waals surface area contributed by atoms with E-state index >= 15 is 0 Å². The normalized spacial score (nSPS) is 14.8. The molecule has 0 bridgehead atoms. The predicted octanol–water partition coefficient (Wildman–Crippen LogP) is -3.60. The monoisotopic (exact) mass is 453 g/mol. The molecule has 0 aliphatic rings. The van der Waals surface area contributed by atoms with Gasteiger partial charge in [-0.25, -0.2) is 4.79 Å². The summed E-state index contributed by atoms with van der Waals surface area (Å²) in [7, 11) is 0. The van der Waals surface area contributed by atoms with Crippen LogP contribution in [0.2, 0.25) is 0 Å². The molecule has 0 aliphatic heterocycles. The van der Waals surface area contributed by atoms with E-state index in [1.54, 1.807) is 0 Å². The number of carbonyl (C=O) groups excluding carboxylic acids is 4. The van der Waals surface area contributed by atoms with Crippen molar-refractivity contribution in [3.8, 4) is 0 Å². The van der Waals surface area contributed by atoms with E-state index in [-0.39, 0.29) is 5.75 Å². The Morgan fingerprint density at radius 3 is 1.97 bits per heavy atom. The van der Waals surface area contributed by atoms with Crippen LogP contribution in [0.4, 0.5) is 0 Å². The minimum absolute atomic E-state index is 0.222. The van der Waals surface area contributed by atoms with Crippen LogP contribution < -0.4 is 27.4 Å². The maximum Gasteiger partial charge on any atom is 0.328 e. The zero-order valence-corrected chi connectivity index (χ0v) is 17.5. The Hall–Kier alpha value is -2.03. The number of nitrogens with one attached hydrogen (secondary N) is 3. The lowest BCUT2D eigenvalue weighted by molar-refractivity contribution is -0.143. The first-order valence-corrected chi connectivity index (χ1v) is 10.5. The number of aliphatic carboxylic acids is 1. The minimum Gasteiger partial charge on any atom is -0.480 e. The van der Waals surface area contributed by atoms with Crippen LogP contribution in [0.25, 0.3) is 0 Å². The third-order valence-electron chi connectivity index (χ3n) is 3.62. The van der Waals surface area contributed by atoms with Gasteiger partial charge in [0.25, 0.3) is 0 Å². The fourth-order valence-electron chi connectivity index (χ4n) is 1.99. The number of thiol groups is 1. The van der Waals surface area contributed by atoms with Crippen LogP contribution >= 0.6 is 24.4 Å². The molecule has 0 rings (SSSR count). The smallest absolute Gasteiger partial charge is 0.328 e. The number of thioether (sulfide) groups is 1. The molecule has 0 aliphatic carbocycles. The molecule has 0 fully saturated rings. The van der Waals surface area contributed by atoms with Gasteiger partial charge in [-0.3, -0.25) is 19.2 Å². The lowest BCUT2D eigenvalue weighted by Crippen LogP contribution is -2.58. The van der Waals surface area contributed by atoms with Crippen LogP contribution in [-0.4, -0.2) is 88.3 Å². The van der Waals surface area contributed by atoms with Gasteiger partial charge in [-0.1, -0.05) is 0 Å². The quantitative estimate of drug-likeness (QED) is 0.122. The highest BCUT2D eigenvalue weighted by Crippen LogP contribution is 2.01. The maximum absolute atomic E-state index is 12.5. The van der Waals surface area contributed by atoms with Gasteiger partial charge < -0.3 is 37.6 Å². The number of carboxylic acids is 1. The average Bonchev–Trinajstić information content (AvgIpc) is 2.66. The first-order valence-electron chi connectivity index (χ1n) is 8.45. The summed E-state index contributed by atoms with van der Waals surface area (Å²) in [4.78, 5) is 58.9. The number of aliphatic hydroxyl groups excluding tert-OH is 1. The summed E-state index contributed by atoms with van der Waals surface area (Å²) >= 11 is 5.41. The molecule has 166 valence electrons. The lowest BCUT2D eigenvalue weighted by Gasteiger charge is -2.23. The summed E-state index contributed by atoms with van der Waals surface area (Å²) in [5.41, 5.74) is 10.8. The molecule has 0 spiro atoms. The second kappa shape index (κ2) is 14.0. The summed E-state index contributed by atoms with van der Waals surface area (Å²) in [6.07, 6.45) is 1.64. The Morgan fingerprint density at radius 1 is 1.00 bits per heavy atom. The molecule has 4 amide bonds. The summed E-state index contributed by atoms with van der Waals surface area (Å²) < 4.78 is 0. The Balaban J connectivity index is 5.13. The highest BCUT2D eigenvalue weighted by atomic mass is 32.2. The third-order valence-corrected chi connectivity index (χ3v) is 4.63. The molecule has 0 aromatic heterocycles. The van der Waals surface area contributed by atoms with Crippen molar-refractivity contribution >= 4 is 54.0 Å². The van der Waals surface area contributed by atoms with Crippen LogP contribution in [-0.2, 0) is 24.0 Å². The first-order chi connectivity index (χ1) is 13.6. The number of carboxylic acid groups (broad SMARTS) is 1. The number of hydrogen-bond acceptors (Lipinski definition) is 9. The molecule has 0 aromatic carbocycles. The van der Waals surface area contributed by atoms with Gasteiger partial charge in [0.15, 0.2) is 0 Å². The molecule has 9 N–H and O–H groups in total. The van der Waals surface area contributed by atoms with E-state index in [1.165, 1.54) is 11.8 Å². The zero-order valence-electron chi connectivity index (χ0n) is 15.8. The fourth-order valence-corrected chi connectivity index (χ4v) is 2.74. The second-order valence-electron chi connectivity index (χ2n) is 5.95. The van der Waals surface area contributed by atoms with Crippen LogP contribution in [0.1, 0.15) is 12.8 Å². The molecule has 0 aromatic rings. The highest BCUT2D eigenvalue weighted by molar-refractivity contribution is 7.98. The van der Waals surface area contributed by atoms with Gasteiger partial charge in [-0.2, -0.15) is 24.4 Å². The second-order valence-corrected chi connectivity index (χ2v) is 7.30. The minimum atomic E-state index is -1.57. The van der Waals surface area contributed by atoms with Gasteiger partial charge in [-0.05, 0) is 18.4 Å². The van der Waals surface area contributed by atoms with Crippen molar-refractivity contribution in [2.45, 2.75) is 37.0 Å². The molecule has 0 heterocycles. The largest absolute Gasteiger partial charge is 0.480 e. The van der Waals surface area contributed by atoms with Crippen LogP contribution in [0.15, 0.2) is 0 Å². The first kappa shape index (κ1) is 27.0. The fraction of sp³-hybridized carbons (Fsp3) is 0.667. The van der Waals surface area contributed by atoms with Crippen molar-refractivity contribution in [2.75, 3.05) is 24.4 Å². The predicted molar refractivity (Wildman–Crippen MR) is 109 cm³/mol. The maximum atomic E-state index is 12.5. The van der Waals surface area contributed by atoms with Crippen LogP contribution in [0.5, 0.6) is 0 Å². The molecule has 0 saturated carbocycles. The number of hydrogen-bond donors (Lipinski definition) is 8. The molecular weight excluding hydrogens is 426 g/mol. The molecule has 14 heteroatoms. The third kappa shape index (κ3) is 10.3. The number of aliphatic hydroxyl groups is 1. The van der Waals surface area contributed by atoms with Crippen molar-refractivity contribution < 1.29 is 34.2 Å². The van der Waals surface area contributed by atoms with Crippen LogP contribution in [0, 0.1) is 0 Å². The van der Waals surface area contributed by atoms with Crippen LogP contribution in [0.3, 0.4) is 0 Å². The number of primary amides is 1. The standard InChI is InChI=1S/C15H27N5O7S2/c1-29-3-2-7(16)12(23)18-8(4-11(17)22)13(24)20-10(6-28)14(25)19-9(5-21)15(26)27/h7-10,21,28H,2-6,16H2,1H3,(H2,17,22)(H,18,23)(H,19,25)(H,20,24)(H,26,27). The van der Waals surface area contributed by atoms with Gasteiger partial charge in [0.1, 0.15) is 18.1 Å². The number of nitrogens with two attached hydrogens (primary N) is 2. The van der Waals surface area contributed by atoms with Crippen molar-refractivity contribution in [1.29, 1.82) is 0 Å². The Morgan fingerprint density at radius 2 is 1.52 bits per heavy atom. The Bertz CT molecular complexity index is 608. The summed E-state index contributed by atoms with van der Waals surface area (Å²) in [6.45, 7) is -0.859. The van der Waals surface area contributed by atoms with Gasteiger partial charge in [0.2, 0.25) is 23.6 Å². The molecule has 0 radical (unpaired) electrons. The molecule has 0 saturated heterocycles. The zero-order chi connectivity index (χ0) is 22.6. The summed E-state index contributed by atoms with van der Waals surface area (Å²) in [5, 5.41) is 24.4. The van der Waals surface area contributed by atoms with Gasteiger partial charge >= 0.3 is 5.97 Å². The summed E-state index contributed by atoms with van der Waals surface area (Å²) in [5.74, 6) is -4.45. The van der Waals surface area contributed by atoms with Crippen molar-refractivity contribution in [2.24, 2.45) is 11.5 Å². The van der Waals surface area contributed by atoms with E-state index in [9.17, 15) is 24.0 Å². The molecule has 4 unspecified atom stereocenters. The summed E-state index contributed by atoms with van der Waals surface area (Å²) in [6, 6.07) is -5.16. The lowest BCUT2D eigenvalue weighted by atomic mass is 10.1. The molecular formula is C15H27N5O7S2. The van der Waals surface area contributed by atoms with E-state index in [0.717, 1.165) is 0 Å². The number of amides is 4. The average molecular weight is 454 g/mol. The van der Waals surface area contributed by atoms with Crippen molar-refractivity contribution in [3.05, 3.63) is 0 Å². The molecule has 12 nitrogen and oxygen atoms in total. The van der Waals surface area contributed by atoms with E-state index in [4.69, 9.17) is 21.7 Å². The molecule has 4 atom stereocenters. The Labute approximate surface area is 177 Å². The number of carbonyl (C=O) groups is 5. The van der Waals surface area contributed by atoms with E-state index in [2.05, 4.69) is 23.3 Å². The van der Waals surface area contributed by atoms with E-state index in [1.807, 2.05) is 11.6 Å². The van der Waals surface area contributed by atoms with Crippen molar-refractivity contribution in [3.63, 3.8) is 0 Å². The van der Waals surface area contributed by atoms with E-state index in [0.29, 0.717) is 12.2 Å². The van der Waals surface area contributed by atoms with Gasteiger partial charge in [-0.15, -0.1) is 0 Å². The van der Waals surface area contributed by atoms with Gasteiger partial charge in [0, 0.05) is 5.75 Å². The number of rotatable bonds is 14. The SMILES string of the molecule is CSCCC(N)C(=O)NC(CC(N)=O)C(=O)NC(CS)C(=O)NC(CO)C(=O)O. The van der Waals surface area contributed by atoms with Gasteiger partial charge in [0.05, 0.1) is 19.1 Å². The highest BCUT2D eigenvalue weighted by Gasteiger charge is 2.30.